The van der Waals surface area contributed by atoms with E-state index < -0.39 is 5.51 Å². The minimum Gasteiger partial charge on any atom is -0.303 e. The molecule has 0 radical (unpaired) electrons. The van der Waals surface area contributed by atoms with Gasteiger partial charge in [-0.05, 0) is 0 Å². The molecule has 0 N–H and O–H groups in total. The van der Waals surface area contributed by atoms with Gasteiger partial charge in [-0.3, -0.25) is 0 Å². The fourth-order valence-corrected chi connectivity index (χ4v) is 1.49. The molecular weight excluding hydrogens is 215 g/mol. The first-order chi connectivity index (χ1) is 6.54. The number of imidazole rings is 1. The van der Waals surface area contributed by atoms with Crippen molar-refractivity contribution in [2.75, 3.05) is 0 Å². The van der Waals surface area contributed by atoms with E-state index in [9.17, 15) is 13.2 Å². The molecule has 2 rings (SSSR count). The van der Waals surface area contributed by atoms with Crippen LogP contribution in [0.4, 0.5) is 13.2 Å². The second-order valence-electron chi connectivity index (χ2n) is 2.47. The van der Waals surface area contributed by atoms with E-state index >= 15 is 0 Å². The summed E-state index contributed by atoms with van der Waals surface area (Å²) >= 11 is -0.241. The molecule has 0 saturated carbocycles. The molecule has 0 aliphatic carbocycles. The van der Waals surface area contributed by atoms with E-state index in [1.165, 1.54) is 23.0 Å². The highest BCUT2D eigenvalue weighted by atomic mass is 32.2. The molecule has 2 aromatic rings. The maximum absolute atomic E-state index is 12.0. The molecule has 0 amide bonds. The Balaban J connectivity index is 2.35. The van der Waals surface area contributed by atoms with Gasteiger partial charge in [0.1, 0.15) is 5.03 Å². The largest absolute Gasteiger partial charge is 0.447 e. The summed E-state index contributed by atoms with van der Waals surface area (Å²) in [6, 6.07) is 0. The maximum atomic E-state index is 12.0. The Hall–Kier alpha value is -1.24. The van der Waals surface area contributed by atoms with Crippen molar-refractivity contribution in [3.8, 4) is 0 Å². The number of nitrogens with zero attached hydrogens (tertiary/aromatic N) is 3. The summed E-state index contributed by atoms with van der Waals surface area (Å²) in [6.45, 7) is 0. The fraction of sp³-hybridized carbons (Fsp3) is 0.143. The summed E-state index contributed by atoms with van der Waals surface area (Å²) in [6.07, 6.45) is 5.66. The molecule has 0 aliphatic rings. The van der Waals surface area contributed by atoms with Gasteiger partial charge < -0.3 is 4.40 Å². The standard InChI is InChI=1S/C7H4F3N3S/c8-7(9,10)14-6-4-13-2-1-11-5(13)3-12-6/h1-4H. The third-order valence-corrected chi connectivity index (χ3v) is 2.13. The number of aromatic nitrogens is 3. The number of alkyl halides is 3. The highest BCUT2D eigenvalue weighted by molar-refractivity contribution is 8.00. The zero-order valence-corrected chi connectivity index (χ0v) is 7.51. The van der Waals surface area contributed by atoms with E-state index in [1.54, 1.807) is 6.20 Å². The zero-order chi connectivity index (χ0) is 10.2. The van der Waals surface area contributed by atoms with Crippen molar-refractivity contribution >= 4 is 17.4 Å². The molecule has 0 unspecified atom stereocenters. The lowest BCUT2D eigenvalue weighted by Gasteiger charge is -2.04. The Morgan fingerprint density at radius 3 is 2.79 bits per heavy atom. The molecule has 0 atom stereocenters. The highest BCUT2D eigenvalue weighted by Crippen LogP contribution is 2.35. The van der Waals surface area contributed by atoms with Crippen molar-refractivity contribution in [1.82, 2.24) is 14.4 Å². The molecular formula is C7H4F3N3S. The monoisotopic (exact) mass is 219 g/mol. The Bertz CT molecular complexity index is 451. The lowest BCUT2D eigenvalue weighted by molar-refractivity contribution is -0.0329. The van der Waals surface area contributed by atoms with Gasteiger partial charge in [-0.25, -0.2) is 9.97 Å². The van der Waals surface area contributed by atoms with Gasteiger partial charge in [-0.15, -0.1) is 0 Å². The molecule has 0 fully saturated rings. The summed E-state index contributed by atoms with van der Waals surface area (Å²) in [5.74, 6) is 0. The normalized spacial score (nSPS) is 12.2. The van der Waals surface area contributed by atoms with E-state index in [1.807, 2.05) is 0 Å². The molecule has 74 valence electrons. The number of hydrogen-bond donors (Lipinski definition) is 0. The van der Waals surface area contributed by atoms with Gasteiger partial charge in [0.25, 0.3) is 0 Å². The van der Waals surface area contributed by atoms with Crippen LogP contribution in [0.1, 0.15) is 0 Å². The van der Waals surface area contributed by atoms with Crippen LogP contribution in [-0.2, 0) is 0 Å². The smallest absolute Gasteiger partial charge is 0.303 e. The van der Waals surface area contributed by atoms with Crippen molar-refractivity contribution in [2.24, 2.45) is 0 Å². The SMILES string of the molecule is FC(F)(F)Sc1cn2ccnc2cn1. The number of thioether (sulfide) groups is 1. The Labute approximate surface area is 81.0 Å². The summed E-state index contributed by atoms with van der Waals surface area (Å²) < 4.78 is 37.4. The first kappa shape index (κ1) is 9.32. The zero-order valence-electron chi connectivity index (χ0n) is 6.69. The van der Waals surface area contributed by atoms with E-state index in [0.717, 1.165) is 0 Å². The van der Waals surface area contributed by atoms with E-state index in [4.69, 9.17) is 0 Å². The van der Waals surface area contributed by atoms with Crippen molar-refractivity contribution < 1.29 is 13.2 Å². The maximum Gasteiger partial charge on any atom is 0.447 e. The second kappa shape index (κ2) is 3.16. The Morgan fingerprint density at radius 1 is 1.29 bits per heavy atom. The summed E-state index contributed by atoms with van der Waals surface area (Å²) in [5, 5.41) is -0.0944. The summed E-state index contributed by atoms with van der Waals surface area (Å²) in [7, 11) is 0. The quantitative estimate of drug-likeness (QED) is 0.689. The highest BCUT2D eigenvalue weighted by Gasteiger charge is 2.30. The van der Waals surface area contributed by atoms with Crippen LogP contribution in [0.15, 0.2) is 29.8 Å². The number of hydrogen-bond acceptors (Lipinski definition) is 3. The van der Waals surface area contributed by atoms with Crippen molar-refractivity contribution in [3.63, 3.8) is 0 Å². The molecule has 14 heavy (non-hydrogen) atoms. The molecule has 0 spiro atoms. The molecule has 7 heteroatoms. The predicted molar refractivity (Wildman–Crippen MR) is 44.9 cm³/mol. The molecule has 0 aromatic carbocycles. The van der Waals surface area contributed by atoms with Gasteiger partial charge in [-0.1, -0.05) is 0 Å². The van der Waals surface area contributed by atoms with Gasteiger partial charge >= 0.3 is 5.51 Å². The first-order valence-corrected chi connectivity index (χ1v) is 4.41. The predicted octanol–water partition coefficient (Wildman–Crippen LogP) is 2.34. The fourth-order valence-electron chi connectivity index (χ4n) is 0.979. The summed E-state index contributed by atoms with van der Waals surface area (Å²) in [4.78, 5) is 7.49. The molecule has 0 bridgehead atoms. The van der Waals surface area contributed by atoms with Crippen molar-refractivity contribution in [1.29, 1.82) is 0 Å². The van der Waals surface area contributed by atoms with Gasteiger partial charge in [0, 0.05) is 30.4 Å². The van der Waals surface area contributed by atoms with Crippen LogP contribution in [0.25, 0.3) is 5.65 Å². The number of rotatable bonds is 1. The van der Waals surface area contributed by atoms with Gasteiger partial charge in [0.2, 0.25) is 0 Å². The minimum atomic E-state index is -4.30. The Kier molecular flexibility index (Phi) is 2.10. The Morgan fingerprint density at radius 2 is 2.07 bits per heavy atom. The van der Waals surface area contributed by atoms with Crippen LogP contribution < -0.4 is 0 Å². The molecule has 3 nitrogen and oxygen atoms in total. The number of halogens is 3. The third kappa shape index (κ3) is 1.98. The van der Waals surface area contributed by atoms with E-state index in [-0.39, 0.29) is 16.8 Å². The van der Waals surface area contributed by atoms with Crippen LogP contribution in [0.3, 0.4) is 0 Å². The van der Waals surface area contributed by atoms with Crippen LogP contribution in [-0.4, -0.2) is 19.9 Å². The van der Waals surface area contributed by atoms with Crippen LogP contribution >= 0.6 is 11.8 Å². The minimum absolute atomic E-state index is 0.0944. The third-order valence-electron chi connectivity index (χ3n) is 1.48. The van der Waals surface area contributed by atoms with Gasteiger partial charge in [0.05, 0.1) is 6.20 Å². The molecule has 2 heterocycles. The van der Waals surface area contributed by atoms with Crippen molar-refractivity contribution in [2.45, 2.75) is 10.5 Å². The molecule has 2 aromatic heterocycles. The van der Waals surface area contributed by atoms with Crippen LogP contribution in [0, 0.1) is 0 Å². The second-order valence-corrected chi connectivity index (χ2v) is 3.55. The van der Waals surface area contributed by atoms with Crippen molar-refractivity contribution in [3.05, 3.63) is 24.8 Å². The first-order valence-electron chi connectivity index (χ1n) is 3.59. The average molecular weight is 219 g/mol. The average Bonchev–Trinajstić information content (AvgIpc) is 2.47. The lowest BCUT2D eigenvalue weighted by atomic mass is 10.7. The van der Waals surface area contributed by atoms with E-state index in [0.29, 0.717) is 5.65 Å². The van der Waals surface area contributed by atoms with Crippen LogP contribution in [0.5, 0.6) is 0 Å². The molecule has 0 saturated heterocycles. The van der Waals surface area contributed by atoms with Crippen LogP contribution in [0.2, 0.25) is 0 Å². The topological polar surface area (TPSA) is 30.2 Å². The van der Waals surface area contributed by atoms with E-state index in [2.05, 4.69) is 9.97 Å². The van der Waals surface area contributed by atoms with Gasteiger partial charge in [-0.2, -0.15) is 13.2 Å². The molecule has 0 aliphatic heterocycles. The summed E-state index contributed by atoms with van der Waals surface area (Å²) in [5.41, 5.74) is -3.78. The lowest BCUT2D eigenvalue weighted by Crippen LogP contribution is -2.01. The number of fused-ring (bicyclic) bond motifs is 1. The van der Waals surface area contributed by atoms with Gasteiger partial charge in [0.15, 0.2) is 5.65 Å².